The van der Waals surface area contributed by atoms with E-state index in [0.29, 0.717) is 0 Å². The highest BCUT2D eigenvalue weighted by Gasteiger charge is 2.02. The molecular formula is C13H16N2S. The van der Waals surface area contributed by atoms with E-state index in [9.17, 15) is 0 Å². The van der Waals surface area contributed by atoms with Gasteiger partial charge in [-0.2, -0.15) is 0 Å². The molecule has 2 rings (SSSR count). The number of nitrogens with one attached hydrogen (secondary N) is 1. The summed E-state index contributed by atoms with van der Waals surface area (Å²) < 4.78 is 0. The molecule has 0 radical (unpaired) electrons. The smallest absolute Gasteiger partial charge is 0.0452 e. The van der Waals surface area contributed by atoms with E-state index in [1.807, 2.05) is 7.05 Å². The summed E-state index contributed by atoms with van der Waals surface area (Å²) in [5.74, 6) is 0. The first-order chi connectivity index (χ1) is 7.70. The Morgan fingerprint density at radius 2 is 1.81 bits per heavy atom. The predicted molar refractivity (Wildman–Crippen MR) is 73.6 cm³/mol. The average Bonchev–Trinajstić information content (AvgIpc) is 2.77. The van der Waals surface area contributed by atoms with Gasteiger partial charge in [0.25, 0.3) is 0 Å². The number of anilines is 2. The second kappa shape index (κ2) is 4.58. The van der Waals surface area contributed by atoms with Gasteiger partial charge in [0.05, 0.1) is 0 Å². The SMILES string of the molecule is CNc1csc(-c2ccc(N(C)C)cc2)c1. The Hall–Kier alpha value is -1.48. The van der Waals surface area contributed by atoms with E-state index in [2.05, 4.69) is 60.0 Å². The highest BCUT2D eigenvalue weighted by atomic mass is 32.1. The highest BCUT2D eigenvalue weighted by Crippen LogP contribution is 2.30. The molecule has 0 aliphatic carbocycles. The number of nitrogens with zero attached hydrogens (tertiary/aromatic N) is 1. The maximum atomic E-state index is 3.15. The summed E-state index contributed by atoms with van der Waals surface area (Å²) in [6, 6.07) is 10.8. The standard InChI is InChI=1S/C13H16N2S/c1-14-11-8-13(16-9-11)10-4-6-12(7-5-10)15(2)3/h4-9,14H,1-3H3. The van der Waals surface area contributed by atoms with E-state index in [1.54, 1.807) is 11.3 Å². The van der Waals surface area contributed by atoms with Gasteiger partial charge in [-0.05, 0) is 23.8 Å². The van der Waals surface area contributed by atoms with Crippen molar-refractivity contribution in [2.24, 2.45) is 0 Å². The number of hydrogen-bond donors (Lipinski definition) is 1. The molecule has 1 N–H and O–H groups in total. The third-order valence-electron chi connectivity index (χ3n) is 2.56. The van der Waals surface area contributed by atoms with Gasteiger partial charge in [0.15, 0.2) is 0 Å². The lowest BCUT2D eigenvalue weighted by atomic mass is 10.1. The van der Waals surface area contributed by atoms with Crippen LogP contribution in [-0.4, -0.2) is 21.1 Å². The Morgan fingerprint density at radius 3 is 2.31 bits per heavy atom. The Bertz CT molecular complexity index is 457. The van der Waals surface area contributed by atoms with E-state index in [4.69, 9.17) is 0 Å². The summed E-state index contributed by atoms with van der Waals surface area (Å²) >= 11 is 1.77. The number of thiophene rings is 1. The molecule has 0 saturated carbocycles. The lowest BCUT2D eigenvalue weighted by molar-refractivity contribution is 1.13. The van der Waals surface area contributed by atoms with Gasteiger partial charge in [0, 0.05) is 42.8 Å². The Morgan fingerprint density at radius 1 is 1.12 bits per heavy atom. The topological polar surface area (TPSA) is 15.3 Å². The second-order valence-corrected chi connectivity index (χ2v) is 4.80. The number of hydrogen-bond acceptors (Lipinski definition) is 3. The summed E-state index contributed by atoms with van der Waals surface area (Å²) in [5.41, 5.74) is 3.68. The number of rotatable bonds is 3. The molecule has 2 nitrogen and oxygen atoms in total. The monoisotopic (exact) mass is 232 g/mol. The fourth-order valence-electron chi connectivity index (χ4n) is 1.54. The van der Waals surface area contributed by atoms with Crippen LogP contribution in [0.1, 0.15) is 0 Å². The molecule has 0 atom stereocenters. The molecular weight excluding hydrogens is 216 g/mol. The van der Waals surface area contributed by atoms with Gasteiger partial charge in [-0.1, -0.05) is 12.1 Å². The molecule has 16 heavy (non-hydrogen) atoms. The van der Waals surface area contributed by atoms with Crippen molar-refractivity contribution in [3.05, 3.63) is 35.7 Å². The molecule has 0 fully saturated rings. The molecule has 0 aliphatic heterocycles. The van der Waals surface area contributed by atoms with Crippen molar-refractivity contribution < 1.29 is 0 Å². The lowest BCUT2D eigenvalue weighted by Gasteiger charge is -2.12. The third kappa shape index (κ3) is 2.19. The molecule has 3 heteroatoms. The molecule has 0 unspecified atom stereocenters. The molecule has 0 saturated heterocycles. The third-order valence-corrected chi connectivity index (χ3v) is 3.54. The van der Waals surface area contributed by atoms with E-state index >= 15 is 0 Å². The minimum atomic E-state index is 1.18. The van der Waals surface area contributed by atoms with Gasteiger partial charge in [0.1, 0.15) is 0 Å². The number of benzene rings is 1. The quantitative estimate of drug-likeness (QED) is 0.871. The molecule has 1 heterocycles. The van der Waals surface area contributed by atoms with Crippen LogP contribution in [0.2, 0.25) is 0 Å². The Balaban J connectivity index is 2.27. The van der Waals surface area contributed by atoms with Crippen LogP contribution >= 0.6 is 11.3 Å². The van der Waals surface area contributed by atoms with Gasteiger partial charge in [-0.25, -0.2) is 0 Å². The summed E-state index contributed by atoms with van der Waals surface area (Å²) in [4.78, 5) is 3.41. The van der Waals surface area contributed by atoms with Gasteiger partial charge in [0.2, 0.25) is 0 Å². The highest BCUT2D eigenvalue weighted by molar-refractivity contribution is 7.14. The van der Waals surface area contributed by atoms with Crippen LogP contribution < -0.4 is 10.2 Å². The zero-order valence-corrected chi connectivity index (χ0v) is 10.6. The van der Waals surface area contributed by atoms with Crippen molar-refractivity contribution in [3.8, 4) is 10.4 Å². The lowest BCUT2D eigenvalue weighted by Crippen LogP contribution is -2.07. The first-order valence-electron chi connectivity index (χ1n) is 5.25. The zero-order valence-electron chi connectivity index (χ0n) is 9.82. The van der Waals surface area contributed by atoms with Crippen LogP contribution in [0.4, 0.5) is 11.4 Å². The summed E-state index contributed by atoms with van der Waals surface area (Å²) in [6.45, 7) is 0. The molecule has 84 valence electrons. The molecule has 2 aromatic rings. The molecule has 1 aromatic heterocycles. The minimum Gasteiger partial charge on any atom is -0.387 e. The fourth-order valence-corrected chi connectivity index (χ4v) is 2.45. The van der Waals surface area contributed by atoms with Crippen LogP contribution in [0, 0.1) is 0 Å². The van der Waals surface area contributed by atoms with Gasteiger partial charge in [-0.3, -0.25) is 0 Å². The molecule has 0 spiro atoms. The minimum absolute atomic E-state index is 1.18. The molecule has 0 bridgehead atoms. The zero-order chi connectivity index (χ0) is 11.5. The summed E-state index contributed by atoms with van der Waals surface area (Å²) in [6.07, 6.45) is 0. The normalized spacial score (nSPS) is 10.2. The van der Waals surface area contributed by atoms with Crippen molar-refractivity contribution in [3.63, 3.8) is 0 Å². The van der Waals surface area contributed by atoms with Gasteiger partial charge < -0.3 is 10.2 Å². The van der Waals surface area contributed by atoms with Gasteiger partial charge >= 0.3 is 0 Å². The van der Waals surface area contributed by atoms with Crippen molar-refractivity contribution in [2.75, 3.05) is 31.4 Å². The van der Waals surface area contributed by atoms with E-state index < -0.39 is 0 Å². The van der Waals surface area contributed by atoms with Crippen molar-refractivity contribution >= 4 is 22.7 Å². The molecule has 0 amide bonds. The van der Waals surface area contributed by atoms with Gasteiger partial charge in [-0.15, -0.1) is 11.3 Å². The first kappa shape index (κ1) is 11.0. The Labute approximate surface area is 101 Å². The summed E-state index contributed by atoms with van der Waals surface area (Å²) in [5, 5.41) is 5.28. The van der Waals surface area contributed by atoms with E-state index in [0.717, 1.165) is 0 Å². The summed E-state index contributed by atoms with van der Waals surface area (Å²) in [7, 11) is 6.06. The van der Waals surface area contributed by atoms with Crippen molar-refractivity contribution in [2.45, 2.75) is 0 Å². The van der Waals surface area contributed by atoms with E-state index in [-0.39, 0.29) is 0 Å². The second-order valence-electron chi connectivity index (χ2n) is 3.89. The van der Waals surface area contributed by atoms with Crippen LogP contribution in [-0.2, 0) is 0 Å². The van der Waals surface area contributed by atoms with Crippen molar-refractivity contribution in [1.82, 2.24) is 0 Å². The van der Waals surface area contributed by atoms with Crippen molar-refractivity contribution in [1.29, 1.82) is 0 Å². The predicted octanol–water partition coefficient (Wildman–Crippen LogP) is 3.52. The molecule has 1 aromatic carbocycles. The Kier molecular flexibility index (Phi) is 3.15. The van der Waals surface area contributed by atoms with E-state index in [1.165, 1.54) is 21.8 Å². The van der Waals surface area contributed by atoms with Crippen LogP contribution in [0.25, 0.3) is 10.4 Å². The maximum absolute atomic E-state index is 3.15. The van der Waals surface area contributed by atoms with Crippen LogP contribution in [0.15, 0.2) is 35.7 Å². The fraction of sp³-hybridized carbons (Fsp3) is 0.231. The maximum Gasteiger partial charge on any atom is 0.0452 e. The first-order valence-corrected chi connectivity index (χ1v) is 6.12. The van der Waals surface area contributed by atoms with Crippen LogP contribution in [0.3, 0.4) is 0 Å². The van der Waals surface area contributed by atoms with Crippen LogP contribution in [0.5, 0.6) is 0 Å². The largest absolute Gasteiger partial charge is 0.387 e. The molecule has 0 aliphatic rings. The average molecular weight is 232 g/mol.